The summed E-state index contributed by atoms with van der Waals surface area (Å²) in [4.78, 5) is 13.7. The topological polar surface area (TPSA) is 41.9 Å². The molecule has 0 fully saturated rings. The minimum absolute atomic E-state index is 0.0632. The molecule has 1 aromatic heterocycles. The number of benzene rings is 2. The van der Waals surface area contributed by atoms with Crippen molar-refractivity contribution in [2.75, 3.05) is 7.11 Å². The molecule has 0 spiro atoms. The molecule has 1 aliphatic rings. The molecule has 4 rings (SSSR count). The minimum Gasteiger partial charge on any atom is -0.497 e. The van der Waals surface area contributed by atoms with E-state index in [1.165, 1.54) is 11.3 Å². The van der Waals surface area contributed by atoms with Crippen molar-refractivity contribution in [1.29, 1.82) is 0 Å². The molecule has 4 nitrogen and oxygen atoms in total. The predicted octanol–water partition coefficient (Wildman–Crippen LogP) is 4.75. The van der Waals surface area contributed by atoms with Crippen molar-refractivity contribution in [3.8, 4) is 5.75 Å². The number of amides is 1. The maximum Gasteiger partial charge on any atom is 0.284 e. The third-order valence-electron chi connectivity index (χ3n) is 4.46. The summed E-state index contributed by atoms with van der Waals surface area (Å²) in [6, 6.07) is 21.5. The first-order chi connectivity index (χ1) is 12.8. The molecule has 2 heterocycles. The Hall–Kier alpha value is -2.92. The molecule has 5 heteroatoms. The lowest BCUT2D eigenvalue weighted by Crippen LogP contribution is -2.26. The molecule has 0 N–H and O–H groups in total. The molecule has 0 bridgehead atoms. The van der Waals surface area contributed by atoms with Gasteiger partial charge in [0.1, 0.15) is 5.75 Å². The van der Waals surface area contributed by atoms with E-state index >= 15 is 0 Å². The number of carbonyl (C=O) groups excluding carboxylic acids is 1. The van der Waals surface area contributed by atoms with E-state index in [2.05, 4.69) is 0 Å². The third kappa shape index (κ3) is 3.13. The van der Waals surface area contributed by atoms with E-state index in [1.807, 2.05) is 72.1 Å². The highest BCUT2D eigenvalue weighted by Crippen LogP contribution is 2.35. The maximum atomic E-state index is 13.0. The van der Waals surface area contributed by atoms with Crippen LogP contribution in [0.3, 0.4) is 0 Å². The van der Waals surface area contributed by atoms with Crippen molar-refractivity contribution in [2.24, 2.45) is 5.10 Å². The number of ether oxygens (including phenoxy) is 1. The molecule has 3 aromatic rings. The van der Waals surface area contributed by atoms with Gasteiger partial charge >= 0.3 is 0 Å². The van der Waals surface area contributed by atoms with Crippen LogP contribution in [0.2, 0.25) is 0 Å². The number of hydrazone groups is 1. The number of nitrogens with zero attached hydrogens (tertiary/aromatic N) is 2. The van der Waals surface area contributed by atoms with Crippen LogP contribution in [0.15, 0.2) is 77.2 Å². The molecule has 0 unspecified atom stereocenters. The molecule has 2 aromatic carbocycles. The summed E-state index contributed by atoms with van der Waals surface area (Å²) in [5.74, 6) is 0.735. The van der Waals surface area contributed by atoms with Crippen LogP contribution in [0, 0.1) is 0 Å². The van der Waals surface area contributed by atoms with E-state index in [9.17, 15) is 4.79 Å². The second kappa shape index (κ2) is 7.14. The molecule has 0 saturated carbocycles. The van der Waals surface area contributed by atoms with Gasteiger partial charge in [-0.2, -0.15) is 5.10 Å². The Kier molecular flexibility index (Phi) is 4.54. The zero-order valence-corrected chi connectivity index (χ0v) is 15.1. The molecular weight excluding hydrogens is 344 g/mol. The van der Waals surface area contributed by atoms with Gasteiger partial charge in [0, 0.05) is 6.42 Å². The van der Waals surface area contributed by atoms with Crippen molar-refractivity contribution < 1.29 is 9.53 Å². The number of hydrogen-bond acceptors (Lipinski definition) is 4. The number of rotatable bonds is 4. The van der Waals surface area contributed by atoms with Gasteiger partial charge in [-0.25, -0.2) is 5.01 Å². The van der Waals surface area contributed by atoms with Gasteiger partial charge in [-0.15, -0.1) is 11.3 Å². The van der Waals surface area contributed by atoms with Gasteiger partial charge in [0.05, 0.1) is 23.7 Å². The van der Waals surface area contributed by atoms with Gasteiger partial charge in [-0.3, -0.25) is 4.79 Å². The second-order valence-electron chi connectivity index (χ2n) is 6.03. The maximum absolute atomic E-state index is 13.0. The SMILES string of the molecule is COc1ccc([C@@H]2CC(c3ccccc3)=NN2C(=O)c2cccs2)cc1. The highest BCUT2D eigenvalue weighted by atomic mass is 32.1. The normalized spacial score (nSPS) is 16.4. The fourth-order valence-corrected chi connectivity index (χ4v) is 3.76. The summed E-state index contributed by atoms with van der Waals surface area (Å²) < 4.78 is 5.25. The van der Waals surface area contributed by atoms with E-state index in [4.69, 9.17) is 9.84 Å². The smallest absolute Gasteiger partial charge is 0.284 e. The van der Waals surface area contributed by atoms with Crippen LogP contribution in [-0.4, -0.2) is 23.7 Å². The first-order valence-corrected chi connectivity index (χ1v) is 9.28. The highest BCUT2D eigenvalue weighted by Gasteiger charge is 2.34. The molecule has 0 aliphatic carbocycles. The zero-order chi connectivity index (χ0) is 17.9. The van der Waals surface area contributed by atoms with E-state index in [-0.39, 0.29) is 11.9 Å². The summed E-state index contributed by atoms with van der Waals surface area (Å²) in [5.41, 5.74) is 3.02. The quantitative estimate of drug-likeness (QED) is 0.672. The van der Waals surface area contributed by atoms with Crippen molar-refractivity contribution in [3.05, 3.63) is 88.1 Å². The van der Waals surface area contributed by atoms with Gasteiger partial charge in [0.25, 0.3) is 5.91 Å². The Morgan fingerprint density at radius 1 is 1.08 bits per heavy atom. The summed E-state index contributed by atoms with van der Waals surface area (Å²) in [7, 11) is 1.65. The Bertz CT molecular complexity index is 918. The number of carbonyl (C=O) groups is 1. The van der Waals surface area contributed by atoms with Gasteiger partial charge in [-0.05, 0) is 34.7 Å². The van der Waals surface area contributed by atoms with Crippen LogP contribution in [0.5, 0.6) is 5.75 Å². The van der Waals surface area contributed by atoms with Crippen molar-refractivity contribution in [3.63, 3.8) is 0 Å². The fraction of sp³-hybridized carbons (Fsp3) is 0.143. The van der Waals surface area contributed by atoms with Gasteiger partial charge in [0.2, 0.25) is 0 Å². The number of thiophene rings is 1. The van der Waals surface area contributed by atoms with Crippen LogP contribution in [0.1, 0.15) is 33.3 Å². The summed E-state index contributed by atoms with van der Waals surface area (Å²) in [6.45, 7) is 0. The fourth-order valence-electron chi connectivity index (χ4n) is 3.10. The van der Waals surface area contributed by atoms with Crippen LogP contribution >= 0.6 is 11.3 Å². The Labute approximate surface area is 156 Å². The molecule has 1 amide bonds. The van der Waals surface area contributed by atoms with Gasteiger partial charge in [0.15, 0.2) is 0 Å². The average Bonchev–Trinajstić information content (AvgIpc) is 3.38. The van der Waals surface area contributed by atoms with E-state index < -0.39 is 0 Å². The van der Waals surface area contributed by atoms with Crippen LogP contribution in [0.4, 0.5) is 0 Å². The monoisotopic (exact) mass is 362 g/mol. The summed E-state index contributed by atoms with van der Waals surface area (Å²) >= 11 is 1.44. The lowest BCUT2D eigenvalue weighted by atomic mass is 9.98. The van der Waals surface area contributed by atoms with Crippen molar-refractivity contribution in [2.45, 2.75) is 12.5 Å². The lowest BCUT2D eigenvalue weighted by Gasteiger charge is -2.21. The Morgan fingerprint density at radius 2 is 1.85 bits per heavy atom. The molecule has 130 valence electrons. The largest absolute Gasteiger partial charge is 0.497 e. The van der Waals surface area contributed by atoms with Crippen molar-refractivity contribution in [1.82, 2.24) is 5.01 Å². The van der Waals surface area contributed by atoms with E-state index in [0.717, 1.165) is 22.6 Å². The first kappa shape index (κ1) is 16.5. The average molecular weight is 362 g/mol. The molecule has 0 radical (unpaired) electrons. The molecule has 1 atom stereocenters. The third-order valence-corrected chi connectivity index (χ3v) is 5.32. The number of hydrogen-bond donors (Lipinski definition) is 0. The van der Waals surface area contributed by atoms with E-state index in [0.29, 0.717) is 11.3 Å². The Balaban J connectivity index is 1.70. The zero-order valence-electron chi connectivity index (χ0n) is 14.3. The molecule has 1 aliphatic heterocycles. The first-order valence-electron chi connectivity index (χ1n) is 8.40. The van der Waals surface area contributed by atoms with Crippen molar-refractivity contribution >= 4 is 23.0 Å². The standard InChI is InChI=1S/C21H18N2O2S/c1-25-17-11-9-16(10-12-17)19-14-18(15-6-3-2-4-7-15)22-23(19)21(24)20-8-5-13-26-20/h2-13,19H,14H2,1H3/t19-/m0/s1. The number of methoxy groups -OCH3 is 1. The van der Waals surface area contributed by atoms with Crippen LogP contribution in [0.25, 0.3) is 0 Å². The van der Waals surface area contributed by atoms with Gasteiger partial charge < -0.3 is 4.74 Å². The summed E-state index contributed by atoms with van der Waals surface area (Å²) in [5, 5.41) is 8.22. The minimum atomic E-state index is -0.120. The lowest BCUT2D eigenvalue weighted by molar-refractivity contribution is 0.0716. The molecule has 26 heavy (non-hydrogen) atoms. The van der Waals surface area contributed by atoms with Crippen LogP contribution < -0.4 is 4.74 Å². The predicted molar refractivity (Wildman–Crippen MR) is 104 cm³/mol. The molecule has 0 saturated heterocycles. The summed E-state index contributed by atoms with van der Waals surface area (Å²) in [6.07, 6.45) is 0.688. The van der Waals surface area contributed by atoms with Gasteiger partial charge in [-0.1, -0.05) is 48.5 Å². The second-order valence-corrected chi connectivity index (χ2v) is 6.98. The Morgan fingerprint density at radius 3 is 2.50 bits per heavy atom. The highest BCUT2D eigenvalue weighted by molar-refractivity contribution is 7.12. The van der Waals surface area contributed by atoms with Crippen LogP contribution in [-0.2, 0) is 0 Å². The van der Waals surface area contributed by atoms with E-state index in [1.54, 1.807) is 12.1 Å². The molecular formula is C21H18N2O2S.